The third-order valence-corrected chi connectivity index (χ3v) is 2.90. The highest BCUT2D eigenvalue weighted by atomic mass is 16.5. The van der Waals surface area contributed by atoms with Gasteiger partial charge in [-0.25, -0.2) is 0 Å². The van der Waals surface area contributed by atoms with Gasteiger partial charge in [-0.2, -0.15) is 0 Å². The van der Waals surface area contributed by atoms with Gasteiger partial charge in [-0.1, -0.05) is 32.6 Å². The Hall–Kier alpha value is -0.370. The predicted octanol–water partition coefficient (Wildman–Crippen LogP) is 2.95. The molecule has 0 N–H and O–H groups in total. The minimum absolute atomic E-state index is 0.300. The molecule has 0 unspecified atom stereocenters. The summed E-state index contributed by atoms with van der Waals surface area (Å²) < 4.78 is 5.29. The van der Waals surface area contributed by atoms with Gasteiger partial charge in [0.1, 0.15) is 6.61 Å². The molecular weight excluding hydrogens is 176 g/mol. The van der Waals surface area contributed by atoms with E-state index in [9.17, 15) is 4.79 Å². The van der Waals surface area contributed by atoms with E-state index in [0.717, 1.165) is 25.9 Å². The summed E-state index contributed by atoms with van der Waals surface area (Å²) in [6, 6.07) is 0. The molecule has 1 aliphatic rings. The van der Waals surface area contributed by atoms with Crippen LogP contribution in [0, 0.1) is 5.92 Å². The van der Waals surface area contributed by atoms with Crippen molar-refractivity contribution in [1.29, 1.82) is 0 Å². The summed E-state index contributed by atoms with van der Waals surface area (Å²) in [5.74, 6) is 0.634. The Balaban J connectivity index is 2.20. The Morgan fingerprint density at radius 1 is 1.21 bits per heavy atom. The van der Waals surface area contributed by atoms with Crippen molar-refractivity contribution in [3.63, 3.8) is 0 Å². The van der Waals surface area contributed by atoms with Gasteiger partial charge >= 0.3 is 0 Å². The molecule has 0 aromatic rings. The van der Waals surface area contributed by atoms with Gasteiger partial charge in [-0.15, -0.1) is 0 Å². The lowest BCUT2D eigenvalue weighted by Crippen LogP contribution is -2.19. The van der Waals surface area contributed by atoms with Gasteiger partial charge in [0, 0.05) is 12.5 Å². The number of Topliss-reactive ketones (excluding diaryl/α,β-unsaturated/α-hetero) is 1. The summed E-state index contributed by atoms with van der Waals surface area (Å²) in [7, 11) is 0. The molecule has 2 nitrogen and oxygen atoms in total. The molecule has 0 saturated heterocycles. The van der Waals surface area contributed by atoms with Crippen LogP contribution in [0.1, 0.15) is 51.9 Å². The highest BCUT2D eigenvalue weighted by molar-refractivity contribution is 5.82. The highest BCUT2D eigenvalue weighted by Crippen LogP contribution is 2.23. The number of hydrogen-bond acceptors (Lipinski definition) is 2. The first-order valence-electron chi connectivity index (χ1n) is 5.95. The normalized spacial score (nSPS) is 19.2. The molecule has 0 amide bonds. The van der Waals surface area contributed by atoms with Crippen LogP contribution in [0.15, 0.2) is 0 Å². The number of rotatable bonds is 5. The predicted molar refractivity (Wildman–Crippen MR) is 57.3 cm³/mol. The molecule has 1 saturated carbocycles. The fourth-order valence-corrected chi connectivity index (χ4v) is 2.04. The maximum atomic E-state index is 11.7. The summed E-state index contributed by atoms with van der Waals surface area (Å²) in [5.41, 5.74) is 0. The lowest BCUT2D eigenvalue weighted by atomic mass is 9.96. The van der Waals surface area contributed by atoms with Gasteiger partial charge < -0.3 is 4.74 Å². The maximum absolute atomic E-state index is 11.7. The van der Waals surface area contributed by atoms with Crippen LogP contribution >= 0.6 is 0 Å². The van der Waals surface area contributed by atoms with E-state index in [4.69, 9.17) is 4.74 Å². The number of carbonyl (C=O) groups is 1. The summed E-state index contributed by atoms with van der Waals surface area (Å²) in [5, 5.41) is 0. The van der Waals surface area contributed by atoms with E-state index in [1.165, 1.54) is 25.7 Å². The Kier molecular flexibility index (Phi) is 5.85. The van der Waals surface area contributed by atoms with Crippen LogP contribution in [0.5, 0.6) is 0 Å². The van der Waals surface area contributed by atoms with Crippen molar-refractivity contribution in [2.75, 3.05) is 13.2 Å². The summed E-state index contributed by atoms with van der Waals surface area (Å²) in [6.45, 7) is 3.13. The van der Waals surface area contributed by atoms with E-state index < -0.39 is 0 Å². The van der Waals surface area contributed by atoms with E-state index in [1.807, 2.05) is 0 Å². The van der Waals surface area contributed by atoms with Gasteiger partial charge in [0.15, 0.2) is 5.78 Å². The number of ketones is 1. The van der Waals surface area contributed by atoms with Gasteiger partial charge in [0.2, 0.25) is 0 Å². The van der Waals surface area contributed by atoms with Crippen molar-refractivity contribution < 1.29 is 9.53 Å². The third kappa shape index (κ3) is 4.23. The number of hydrogen-bond donors (Lipinski definition) is 0. The molecule has 0 radical (unpaired) electrons. The van der Waals surface area contributed by atoms with Gasteiger partial charge in [-0.3, -0.25) is 4.79 Å². The summed E-state index contributed by atoms with van der Waals surface area (Å²) >= 11 is 0. The smallest absolute Gasteiger partial charge is 0.161 e. The molecule has 0 heterocycles. The van der Waals surface area contributed by atoms with Crippen molar-refractivity contribution in [2.45, 2.75) is 51.9 Å². The minimum atomic E-state index is 0.300. The Morgan fingerprint density at radius 2 is 1.86 bits per heavy atom. The lowest BCUT2D eigenvalue weighted by Gasteiger charge is -2.12. The average Bonchev–Trinajstić information content (AvgIpc) is 2.46. The molecule has 82 valence electrons. The first-order chi connectivity index (χ1) is 6.84. The molecule has 1 aliphatic carbocycles. The van der Waals surface area contributed by atoms with Gasteiger partial charge in [-0.05, 0) is 19.3 Å². The van der Waals surface area contributed by atoms with Crippen molar-refractivity contribution in [1.82, 2.24) is 0 Å². The summed E-state index contributed by atoms with van der Waals surface area (Å²) in [4.78, 5) is 11.7. The van der Waals surface area contributed by atoms with Gasteiger partial charge in [0.25, 0.3) is 0 Å². The van der Waals surface area contributed by atoms with Crippen LogP contribution in [-0.2, 0) is 9.53 Å². The van der Waals surface area contributed by atoms with Crippen molar-refractivity contribution in [2.24, 2.45) is 5.92 Å². The first-order valence-corrected chi connectivity index (χ1v) is 5.95. The molecule has 1 fully saturated rings. The summed E-state index contributed by atoms with van der Waals surface area (Å²) in [6.07, 6.45) is 8.24. The topological polar surface area (TPSA) is 26.3 Å². The molecule has 0 aromatic carbocycles. The number of carbonyl (C=O) groups excluding carboxylic acids is 1. The Morgan fingerprint density at radius 3 is 2.43 bits per heavy atom. The second-order valence-corrected chi connectivity index (χ2v) is 4.21. The van der Waals surface area contributed by atoms with Crippen LogP contribution in [-0.4, -0.2) is 19.0 Å². The fraction of sp³-hybridized carbons (Fsp3) is 0.917. The second-order valence-electron chi connectivity index (χ2n) is 4.21. The molecule has 0 aliphatic heterocycles. The lowest BCUT2D eigenvalue weighted by molar-refractivity contribution is -0.127. The Bertz CT molecular complexity index is 158. The third-order valence-electron chi connectivity index (χ3n) is 2.90. The maximum Gasteiger partial charge on any atom is 0.161 e. The van der Waals surface area contributed by atoms with Crippen LogP contribution in [0.25, 0.3) is 0 Å². The average molecular weight is 198 g/mol. The fourth-order valence-electron chi connectivity index (χ4n) is 2.04. The zero-order chi connectivity index (χ0) is 10.2. The number of ether oxygens (including phenoxy) is 1. The van der Waals surface area contributed by atoms with Crippen LogP contribution in [0.2, 0.25) is 0 Å². The standard InChI is InChI=1S/C12H22O2/c1-2-9-14-10-12(13)11-7-5-3-4-6-8-11/h11H,2-10H2,1H3. The highest BCUT2D eigenvalue weighted by Gasteiger charge is 2.19. The zero-order valence-electron chi connectivity index (χ0n) is 9.26. The largest absolute Gasteiger partial charge is 0.374 e. The molecular formula is C12H22O2. The molecule has 0 atom stereocenters. The molecule has 14 heavy (non-hydrogen) atoms. The van der Waals surface area contributed by atoms with Crippen LogP contribution in [0.4, 0.5) is 0 Å². The quantitative estimate of drug-likeness (QED) is 0.501. The molecule has 0 spiro atoms. The van der Waals surface area contributed by atoms with Crippen molar-refractivity contribution in [3.05, 3.63) is 0 Å². The molecule has 1 rings (SSSR count). The van der Waals surface area contributed by atoms with Crippen molar-refractivity contribution in [3.8, 4) is 0 Å². The SMILES string of the molecule is CCCOCC(=O)C1CCCCCC1. The van der Waals surface area contributed by atoms with E-state index >= 15 is 0 Å². The Labute approximate surface area is 87.0 Å². The van der Waals surface area contributed by atoms with E-state index in [0.29, 0.717) is 18.3 Å². The molecule has 0 aromatic heterocycles. The van der Waals surface area contributed by atoms with E-state index in [2.05, 4.69) is 6.92 Å². The second kappa shape index (κ2) is 6.99. The van der Waals surface area contributed by atoms with Crippen LogP contribution < -0.4 is 0 Å². The first kappa shape index (κ1) is 11.7. The monoisotopic (exact) mass is 198 g/mol. The van der Waals surface area contributed by atoms with Crippen molar-refractivity contribution >= 4 is 5.78 Å². The minimum Gasteiger partial charge on any atom is -0.374 e. The van der Waals surface area contributed by atoms with E-state index in [1.54, 1.807) is 0 Å². The van der Waals surface area contributed by atoms with Crippen LogP contribution in [0.3, 0.4) is 0 Å². The molecule has 2 heteroatoms. The zero-order valence-corrected chi connectivity index (χ0v) is 9.26. The van der Waals surface area contributed by atoms with Gasteiger partial charge in [0.05, 0.1) is 0 Å². The molecule has 0 bridgehead atoms. The van der Waals surface area contributed by atoms with E-state index in [-0.39, 0.29) is 0 Å².